The van der Waals surface area contributed by atoms with Crippen LogP contribution in [-0.4, -0.2) is 63.4 Å². The largest absolute Gasteiger partial charge is 0.444 e. The molecule has 1 fully saturated rings. The van der Waals surface area contributed by atoms with E-state index in [0.717, 1.165) is 5.39 Å². The van der Waals surface area contributed by atoms with Gasteiger partial charge in [-0.3, -0.25) is 0 Å². The maximum atomic E-state index is 13.0. The molecule has 3 heterocycles. The minimum absolute atomic E-state index is 0.0431. The first-order valence-electron chi connectivity index (χ1n) is 10.7. The second kappa shape index (κ2) is 8.33. The smallest absolute Gasteiger partial charge is 0.410 e. The molecule has 10 heteroatoms. The lowest BCUT2D eigenvalue weighted by molar-refractivity contribution is 0.0197. The fourth-order valence-electron chi connectivity index (χ4n) is 3.45. The summed E-state index contributed by atoms with van der Waals surface area (Å²) in [6.45, 7) is 17.7. The van der Waals surface area contributed by atoms with Crippen LogP contribution in [0.15, 0.2) is 12.4 Å². The number of halogens is 1. The lowest BCUT2D eigenvalue weighted by atomic mass is 10.2. The van der Waals surface area contributed by atoms with Crippen LogP contribution in [0.4, 0.5) is 4.79 Å². The average Bonchev–Trinajstić information content (AvgIpc) is 3.16. The van der Waals surface area contributed by atoms with Crippen LogP contribution in [0.2, 0.25) is 23.4 Å². The number of hydrogen-bond donors (Lipinski definition) is 0. The summed E-state index contributed by atoms with van der Waals surface area (Å²) in [5, 5.41) is 5.52. The number of ether oxygens (including phenoxy) is 1. The summed E-state index contributed by atoms with van der Waals surface area (Å²) in [7, 11) is -1.98. The maximum Gasteiger partial charge on any atom is 0.410 e. The summed E-state index contributed by atoms with van der Waals surface area (Å²) >= 11 is 5.99. The van der Waals surface area contributed by atoms with E-state index in [-0.39, 0.29) is 28.6 Å². The van der Waals surface area contributed by atoms with Crippen molar-refractivity contribution in [2.75, 3.05) is 6.54 Å². The van der Waals surface area contributed by atoms with Crippen molar-refractivity contribution < 1.29 is 14.0 Å². The van der Waals surface area contributed by atoms with E-state index in [4.69, 9.17) is 20.8 Å². The summed E-state index contributed by atoms with van der Waals surface area (Å²) in [5.74, 6) is 0. The Hall–Kier alpha value is -1.71. The van der Waals surface area contributed by atoms with Crippen LogP contribution in [0.25, 0.3) is 11.0 Å². The molecule has 1 amide bonds. The Morgan fingerprint density at radius 2 is 1.90 bits per heavy atom. The van der Waals surface area contributed by atoms with Crippen LogP contribution in [-0.2, 0) is 15.7 Å². The van der Waals surface area contributed by atoms with Crippen LogP contribution in [0.3, 0.4) is 0 Å². The highest BCUT2D eigenvalue weighted by Crippen LogP contribution is 2.39. The van der Waals surface area contributed by atoms with Gasteiger partial charge in [-0.2, -0.15) is 10.1 Å². The second-order valence-corrected chi connectivity index (χ2v) is 15.9. The van der Waals surface area contributed by atoms with E-state index >= 15 is 0 Å². The van der Waals surface area contributed by atoms with Gasteiger partial charge in [-0.25, -0.2) is 14.5 Å². The van der Waals surface area contributed by atoms with Gasteiger partial charge in [0, 0.05) is 12.7 Å². The van der Waals surface area contributed by atoms with Crippen molar-refractivity contribution in [3.63, 3.8) is 0 Å². The molecule has 1 aliphatic heterocycles. The van der Waals surface area contributed by atoms with Crippen LogP contribution in [0, 0.1) is 0 Å². The normalized spacial score (nSPS) is 20.5. The molecule has 0 aliphatic carbocycles. The predicted molar refractivity (Wildman–Crippen MR) is 124 cm³/mol. The molecule has 1 aliphatic rings. The van der Waals surface area contributed by atoms with Crippen LogP contribution < -0.4 is 0 Å². The first-order valence-corrected chi connectivity index (χ1v) is 14.0. The number of rotatable bonds is 4. The molecule has 2 aromatic rings. The Kier molecular flexibility index (Phi) is 6.43. The predicted octanol–water partition coefficient (Wildman–Crippen LogP) is 4.88. The number of fused-ring (bicyclic) bond motifs is 1. The highest BCUT2D eigenvalue weighted by molar-refractivity contribution is 6.74. The number of likely N-dealkylation sites (tertiary alicyclic amines) is 1. The SMILES string of the molecule is CC(C)(C)OC(=O)N1C[C@H](O[Si](C)(C)C(C)(C)C)C[C@H]1Cn1ncc2cnc(Cl)nc21. The van der Waals surface area contributed by atoms with Gasteiger partial charge in [0.1, 0.15) is 5.60 Å². The third-order valence-corrected chi connectivity index (χ3v) is 10.7. The Labute approximate surface area is 190 Å². The Balaban J connectivity index is 1.85. The van der Waals surface area contributed by atoms with E-state index < -0.39 is 13.9 Å². The Bertz CT molecular complexity index is 951. The molecule has 0 saturated carbocycles. The highest BCUT2D eigenvalue weighted by Gasteiger charge is 2.44. The third-order valence-electron chi connectivity index (χ3n) is 6.00. The van der Waals surface area contributed by atoms with E-state index in [9.17, 15) is 4.79 Å². The summed E-state index contributed by atoms with van der Waals surface area (Å²) in [5.41, 5.74) is 0.0806. The third kappa shape index (κ3) is 5.56. The van der Waals surface area contributed by atoms with Gasteiger partial charge < -0.3 is 14.1 Å². The maximum absolute atomic E-state index is 13.0. The monoisotopic (exact) mass is 467 g/mol. The molecule has 1 saturated heterocycles. The minimum atomic E-state index is -1.98. The van der Waals surface area contributed by atoms with Crippen molar-refractivity contribution in [2.24, 2.45) is 0 Å². The molecule has 3 rings (SSSR count). The fraction of sp³-hybridized carbons (Fsp3) is 0.714. The molecule has 2 atom stereocenters. The molecule has 8 nitrogen and oxygen atoms in total. The van der Waals surface area contributed by atoms with Gasteiger partial charge >= 0.3 is 6.09 Å². The summed E-state index contributed by atoms with van der Waals surface area (Å²) < 4.78 is 14.1. The van der Waals surface area contributed by atoms with E-state index in [1.54, 1.807) is 22.0 Å². The number of nitrogens with zero attached hydrogens (tertiary/aromatic N) is 5. The zero-order valence-corrected chi connectivity index (χ0v) is 21.5. The quantitative estimate of drug-likeness (QED) is 0.470. The lowest BCUT2D eigenvalue weighted by Gasteiger charge is -2.38. The van der Waals surface area contributed by atoms with Crippen molar-refractivity contribution >= 4 is 37.0 Å². The first kappa shape index (κ1) is 23.9. The molecule has 0 N–H and O–H groups in total. The van der Waals surface area contributed by atoms with Crippen LogP contribution in [0.5, 0.6) is 0 Å². The zero-order chi connectivity index (χ0) is 23.2. The van der Waals surface area contributed by atoms with Crippen molar-refractivity contribution in [3.05, 3.63) is 17.7 Å². The number of hydrogen-bond acceptors (Lipinski definition) is 6. The molecular formula is C21H34ClN5O3Si. The Morgan fingerprint density at radius 1 is 1.23 bits per heavy atom. The number of carbonyl (C=O) groups is 1. The van der Waals surface area contributed by atoms with E-state index in [2.05, 4.69) is 48.9 Å². The standard InChI is InChI=1S/C21H34ClN5O3Si/c1-20(2,3)29-19(28)26-13-16(30-31(7,8)21(4,5)6)9-15(26)12-27-17-14(11-24-27)10-23-18(22)25-17/h10-11,15-16H,9,12-13H2,1-8H3/t15-,16+/m0/s1. The average molecular weight is 468 g/mol. The molecule has 172 valence electrons. The van der Waals surface area contributed by atoms with E-state index in [1.165, 1.54) is 0 Å². The summed E-state index contributed by atoms with van der Waals surface area (Å²) in [6.07, 6.45) is 3.70. The number of carbonyl (C=O) groups excluding carboxylic acids is 1. The second-order valence-electron chi connectivity index (χ2n) is 10.8. The topological polar surface area (TPSA) is 82.4 Å². The van der Waals surface area contributed by atoms with Gasteiger partial charge in [-0.05, 0) is 56.9 Å². The van der Waals surface area contributed by atoms with Crippen molar-refractivity contribution in [1.82, 2.24) is 24.6 Å². The molecule has 0 spiro atoms. The molecule has 0 radical (unpaired) electrons. The van der Waals surface area contributed by atoms with Gasteiger partial charge in [0.15, 0.2) is 14.0 Å². The van der Waals surface area contributed by atoms with Crippen molar-refractivity contribution in [2.45, 2.75) is 90.4 Å². The zero-order valence-electron chi connectivity index (χ0n) is 19.8. The van der Waals surface area contributed by atoms with Crippen LogP contribution >= 0.6 is 11.6 Å². The molecule has 31 heavy (non-hydrogen) atoms. The van der Waals surface area contributed by atoms with E-state index in [1.807, 2.05) is 20.8 Å². The summed E-state index contributed by atoms with van der Waals surface area (Å²) in [6, 6.07) is -0.124. The van der Waals surface area contributed by atoms with E-state index in [0.29, 0.717) is 25.2 Å². The van der Waals surface area contributed by atoms with Gasteiger partial charge in [-0.1, -0.05) is 20.8 Å². The Morgan fingerprint density at radius 3 is 2.52 bits per heavy atom. The molecule has 0 bridgehead atoms. The number of aromatic nitrogens is 4. The molecular weight excluding hydrogens is 434 g/mol. The van der Waals surface area contributed by atoms with Crippen LogP contribution in [0.1, 0.15) is 48.0 Å². The van der Waals surface area contributed by atoms with Crippen molar-refractivity contribution in [3.8, 4) is 0 Å². The minimum Gasteiger partial charge on any atom is -0.444 e. The molecule has 2 aromatic heterocycles. The molecule has 0 unspecified atom stereocenters. The fourth-order valence-corrected chi connectivity index (χ4v) is 4.94. The summed E-state index contributed by atoms with van der Waals surface area (Å²) in [4.78, 5) is 23.1. The van der Waals surface area contributed by atoms with Gasteiger partial charge in [0.25, 0.3) is 0 Å². The van der Waals surface area contributed by atoms with Gasteiger partial charge in [-0.15, -0.1) is 0 Å². The highest BCUT2D eigenvalue weighted by atomic mass is 35.5. The first-order chi connectivity index (χ1) is 14.2. The van der Waals surface area contributed by atoms with Gasteiger partial charge in [0.05, 0.1) is 30.3 Å². The molecule has 0 aromatic carbocycles. The lowest BCUT2D eigenvalue weighted by Crippen LogP contribution is -2.45. The van der Waals surface area contributed by atoms with Gasteiger partial charge in [0.2, 0.25) is 5.28 Å². The number of amides is 1. The van der Waals surface area contributed by atoms with Crippen molar-refractivity contribution in [1.29, 1.82) is 0 Å².